The number of phenolic OH excluding ortho intramolecular Hbond substituents is 1. The topological polar surface area (TPSA) is 84.6 Å². The van der Waals surface area contributed by atoms with Gasteiger partial charge in [0.2, 0.25) is 0 Å². The summed E-state index contributed by atoms with van der Waals surface area (Å²) >= 11 is 12.4. The van der Waals surface area contributed by atoms with Crippen molar-refractivity contribution in [2.75, 3.05) is 0 Å². The van der Waals surface area contributed by atoms with Crippen molar-refractivity contribution in [3.63, 3.8) is 0 Å². The van der Waals surface area contributed by atoms with Crippen molar-refractivity contribution in [3.05, 3.63) is 75.3 Å². The zero-order chi connectivity index (χ0) is 27.8. The lowest BCUT2D eigenvalue weighted by Gasteiger charge is -2.14. The number of aromatic nitrogens is 2. The van der Waals surface area contributed by atoms with Gasteiger partial charge in [-0.2, -0.15) is 5.10 Å². The van der Waals surface area contributed by atoms with Crippen LogP contribution in [0.5, 0.6) is 11.5 Å². The Balaban J connectivity index is 1.47. The molecule has 39 heavy (non-hydrogen) atoms. The molecule has 1 aromatic heterocycles. The molecule has 1 atom stereocenters. The number of aromatic hydroxyl groups is 1. The van der Waals surface area contributed by atoms with E-state index in [1.165, 1.54) is 0 Å². The average Bonchev–Trinajstić information content (AvgIpc) is 3.54. The van der Waals surface area contributed by atoms with Crippen LogP contribution in [0.15, 0.2) is 42.5 Å². The van der Waals surface area contributed by atoms with Crippen molar-refractivity contribution in [3.8, 4) is 22.8 Å². The highest BCUT2D eigenvalue weighted by Gasteiger charge is 2.24. The lowest BCUT2D eigenvalue weighted by Crippen LogP contribution is -2.07. The van der Waals surface area contributed by atoms with E-state index in [1.54, 1.807) is 25.1 Å². The minimum absolute atomic E-state index is 0.0874. The van der Waals surface area contributed by atoms with Crippen molar-refractivity contribution in [1.29, 1.82) is 0 Å². The van der Waals surface area contributed by atoms with Crippen LogP contribution in [0.25, 0.3) is 22.2 Å². The van der Waals surface area contributed by atoms with Gasteiger partial charge in [-0.25, -0.2) is 8.78 Å². The van der Waals surface area contributed by atoms with E-state index in [4.69, 9.17) is 38.1 Å². The number of carboxylic acids is 1. The summed E-state index contributed by atoms with van der Waals surface area (Å²) in [4.78, 5) is 11.0. The molecule has 10 heteroatoms. The number of carboxylic acid groups (broad SMARTS) is 1. The van der Waals surface area contributed by atoms with Crippen LogP contribution in [0.4, 0.5) is 8.78 Å². The lowest BCUT2D eigenvalue weighted by atomic mass is 9.97. The molecule has 6 nitrogen and oxygen atoms in total. The zero-order valence-corrected chi connectivity index (χ0v) is 22.6. The molecule has 3 aromatic carbocycles. The van der Waals surface area contributed by atoms with Crippen LogP contribution in [0.1, 0.15) is 62.1 Å². The number of benzene rings is 3. The van der Waals surface area contributed by atoms with E-state index < -0.39 is 29.3 Å². The molecule has 0 bridgehead atoms. The second-order valence-electron chi connectivity index (χ2n) is 9.97. The quantitative estimate of drug-likeness (QED) is 0.221. The third kappa shape index (κ3) is 5.54. The second-order valence-corrected chi connectivity index (χ2v) is 10.8. The fourth-order valence-electron chi connectivity index (χ4n) is 5.15. The summed E-state index contributed by atoms with van der Waals surface area (Å²) < 4.78 is 37.0. The maximum atomic E-state index is 14.8. The van der Waals surface area contributed by atoms with Gasteiger partial charge in [-0.15, -0.1) is 0 Å². The first-order valence-corrected chi connectivity index (χ1v) is 13.4. The molecular weight excluding hydrogens is 549 g/mol. The summed E-state index contributed by atoms with van der Waals surface area (Å²) in [5.74, 6) is -4.07. The van der Waals surface area contributed by atoms with Crippen molar-refractivity contribution in [2.45, 2.75) is 57.6 Å². The normalized spacial score (nSPS) is 14.7. The molecule has 1 heterocycles. The van der Waals surface area contributed by atoms with Crippen LogP contribution < -0.4 is 4.74 Å². The summed E-state index contributed by atoms with van der Waals surface area (Å²) in [6.07, 6.45) is 3.92. The van der Waals surface area contributed by atoms with E-state index in [0.29, 0.717) is 16.8 Å². The minimum Gasteiger partial charge on any atom is -0.505 e. The van der Waals surface area contributed by atoms with Gasteiger partial charge in [0.05, 0.1) is 28.0 Å². The van der Waals surface area contributed by atoms with Crippen LogP contribution in [-0.4, -0.2) is 26.0 Å². The van der Waals surface area contributed by atoms with Crippen LogP contribution in [0, 0.1) is 11.6 Å². The monoisotopic (exact) mass is 574 g/mol. The molecule has 0 amide bonds. The smallest absolute Gasteiger partial charge is 0.303 e. The zero-order valence-electron chi connectivity index (χ0n) is 21.1. The highest BCUT2D eigenvalue weighted by atomic mass is 35.5. The van der Waals surface area contributed by atoms with Crippen LogP contribution in [0.3, 0.4) is 0 Å². The Bertz CT molecular complexity index is 1520. The van der Waals surface area contributed by atoms with Crippen LogP contribution in [0.2, 0.25) is 10.0 Å². The van der Waals surface area contributed by atoms with Gasteiger partial charge < -0.3 is 14.9 Å². The number of aliphatic carboxylic acids is 1. The van der Waals surface area contributed by atoms with Gasteiger partial charge in [0.1, 0.15) is 12.3 Å². The predicted molar refractivity (Wildman–Crippen MR) is 146 cm³/mol. The lowest BCUT2D eigenvalue weighted by molar-refractivity contribution is -0.137. The van der Waals surface area contributed by atoms with E-state index in [2.05, 4.69) is 0 Å². The summed E-state index contributed by atoms with van der Waals surface area (Å²) in [5, 5.41) is 25.0. The molecular formula is C29H26Cl2F2N2O4. The Morgan fingerprint density at radius 3 is 2.36 bits per heavy atom. The Labute approximate surface area is 233 Å². The first-order valence-electron chi connectivity index (χ1n) is 12.7. The first kappa shape index (κ1) is 27.2. The van der Waals surface area contributed by atoms with Crippen LogP contribution >= 0.6 is 23.2 Å². The number of rotatable bonds is 8. The van der Waals surface area contributed by atoms with E-state index in [9.17, 15) is 18.7 Å². The molecule has 0 aliphatic heterocycles. The van der Waals surface area contributed by atoms with Crippen LogP contribution in [-0.2, 0) is 11.4 Å². The highest BCUT2D eigenvalue weighted by molar-refractivity contribution is 6.37. The molecule has 2 N–H and O–H groups in total. The van der Waals surface area contributed by atoms with Gasteiger partial charge in [-0.05, 0) is 60.2 Å². The van der Waals surface area contributed by atoms with Gasteiger partial charge in [0.25, 0.3) is 0 Å². The third-order valence-corrected chi connectivity index (χ3v) is 7.76. The SMILES string of the molecule is CC(CC(=O)O)c1cc(F)c(OCc2ccc3c(-c4cc(Cl)c(O)c(Cl)c4)nn(C4CCCC4)c3c2)c(F)c1. The number of hydrogen-bond acceptors (Lipinski definition) is 4. The Kier molecular flexibility index (Phi) is 7.69. The first-order chi connectivity index (χ1) is 18.6. The molecule has 1 aliphatic carbocycles. The van der Waals surface area contributed by atoms with E-state index >= 15 is 0 Å². The maximum absolute atomic E-state index is 14.8. The number of hydrogen-bond donors (Lipinski definition) is 2. The van der Waals surface area contributed by atoms with Crippen molar-refractivity contribution < 1.29 is 28.5 Å². The maximum Gasteiger partial charge on any atom is 0.303 e. The summed E-state index contributed by atoms with van der Waals surface area (Å²) in [7, 11) is 0. The van der Waals surface area contributed by atoms with Crippen molar-refractivity contribution >= 4 is 40.1 Å². The fourth-order valence-corrected chi connectivity index (χ4v) is 5.64. The minimum atomic E-state index is -1.05. The Morgan fingerprint density at radius 1 is 1.10 bits per heavy atom. The van der Waals surface area contributed by atoms with Gasteiger partial charge in [0, 0.05) is 10.9 Å². The standard InChI is InChI=1S/C29H26Cl2F2N2O4/c1-15(8-26(36)37)17-12-23(32)29(24(33)13-17)39-14-16-6-7-20-25(9-16)35(19-4-2-3-5-19)34-27(20)18-10-21(30)28(38)22(31)11-18/h6-7,9-13,15,19,38H,2-5,8,14H2,1H3,(H,36,37). The van der Waals surface area contributed by atoms with E-state index in [-0.39, 0.29) is 40.4 Å². The largest absolute Gasteiger partial charge is 0.505 e. The molecule has 204 valence electrons. The molecule has 1 unspecified atom stereocenters. The molecule has 5 rings (SSSR count). The summed E-state index contributed by atoms with van der Waals surface area (Å²) in [6.45, 7) is 1.51. The Morgan fingerprint density at radius 2 is 1.74 bits per heavy atom. The molecule has 1 aliphatic rings. The Hall–Kier alpha value is -3.36. The average molecular weight is 575 g/mol. The predicted octanol–water partition coefficient (Wildman–Crippen LogP) is 8.27. The van der Waals surface area contributed by atoms with Gasteiger partial charge >= 0.3 is 5.97 Å². The highest BCUT2D eigenvalue weighted by Crippen LogP contribution is 2.40. The third-order valence-electron chi connectivity index (χ3n) is 7.19. The van der Waals surface area contributed by atoms with Gasteiger partial charge in [0.15, 0.2) is 23.1 Å². The summed E-state index contributed by atoms with van der Waals surface area (Å²) in [6, 6.07) is 11.2. The molecule has 0 radical (unpaired) electrons. The van der Waals surface area contributed by atoms with Gasteiger partial charge in [-0.3, -0.25) is 9.48 Å². The number of fused-ring (bicyclic) bond motifs is 1. The number of halogens is 4. The molecule has 1 saturated carbocycles. The molecule has 0 saturated heterocycles. The van der Waals surface area contributed by atoms with Gasteiger partial charge in [-0.1, -0.05) is 55.1 Å². The second kappa shape index (κ2) is 11.0. The number of nitrogens with zero attached hydrogens (tertiary/aromatic N) is 2. The van der Waals surface area contributed by atoms with Crippen molar-refractivity contribution in [2.24, 2.45) is 0 Å². The fraction of sp³-hybridized carbons (Fsp3) is 0.310. The van der Waals surface area contributed by atoms with E-state index in [1.807, 2.05) is 16.8 Å². The number of carbonyl (C=O) groups is 1. The molecule has 0 spiro atoms. The van der Waals surface area contributed by atoms with Crippen molar-refractivity contribution in [1.82, 2.24) is 9.78 Å². The van der Waals surface area contributed by atoms with E-state index in [0.717, 1.165) is 48.7 Å². The number of ether oxygens (including phenoxy) is 1. The number of phenols is 1. The molecule has 4 aromatic rings. The molecule has 1 fully saturated rings. The summed E-state index contributed by atoms with van der Waals surface area (Å²) in [5.41, 5.74) is 3.11.